The highest BCUT2D eigenvalue weighted by atomic mass is 35.5. The molecule has 11 heteroatoms. The first-order chi connectivity index (χ1) is 17.1. The molecule has 2 amide bonds. The number of halogens is 2. The summed E-state index contributed by atoms with van der Waals surface area (Å²) in [4.78, 5) is 28.1. The maximum absolute atomic E-state index is 13.8. The molecule has 0 saturated carbocycles. The molecule has 37 heavy (non-hydrogen) atoms. The van der Waals surface area contributed by atoms with Crippen LogP contribution in [-0.2, 0) is 26.3 Å². The van der Waals surface area contributed by atoms with Crippen molar-refractivity contribution in [2.75, 3.05) is 31.5 Å². The Balaban J connectivity index is 2.51. The molecule has 0 unspecified atom stereocenters. The average molecular weight is 572 g/mol. The van der Waals surface area contributed by atoms with Crippen molar-refractivity contribution in [1.29, 1.82) is 0 Å². The number of carbonyl (C=O) groups is 2. The summed E-state index contributed by atoms with van der Waals surface area (Å²) in [5.74, 6) is -0.652. The van der Waals surface area contributed by atoms with Crippen LogP contribution in [0.5, 0.6) is 0 Å². The number of nitrogens with one attached hydrogen (secondary N) is 1. The van der Waals surface area contributed by atoms with Gasteiger partial charge >= 0.3 is 10.2 Å². The Morgan fingerprint density at radius 1 is 0.973 bits per heavy atom. The number of nitrogens with zero attached hydrogens (tertiary/aromatic N) is 3. The van der Waals surface area contributed by atoms with E-state index in [0.717, 1.165) is 14.2 Å². The average Bonchev–Trinajstić information content (AvgIpc) is 2.82. The summed E-state index contributed by atoms with van der Waals surface area (Å²) < 4.78 is 28.8. The molecule has 1 N–H and O–H groups in total. The smallest absolute Gasteiger partial charge is 0.304 e. The van der Waals surface area contributed by atoms with Gasteiger partial charge in [-0.15, -0.1) is 0 Å². The molecule has 0 bridgehead atoms. The fourth-order valence-corrected chi connectivity index (χ4v) is 4.99. The molecule has 2 aromatic carbocycles. The second-order valence-corrected chi connectivity index (χ2v) is 12.6. The number of hydrogen-bond donors (Lipinski definition) is 1. The van der Waals surface area contributed by atoms with Crippen molar-refractivity contribution >= 4 is 50.9 Å². The van der Waals surface area contributed by atoms with Gasteiger partial charge < -0.3 is 10.2 Å². The van der Waals surface area contributed by atoms with Crippen LogP contribution in [0, 0.1) is 19.8 Å². The monoisotopic (exact) mass is 570 g/mol. The lowest BCUT2D eigenvalue weighted by Crippen LogP contribution is -2.52. The molecular formula is C26H36Cl2N4O4S. The van der Waals surface area contributed by atoms with E-state index in [1.54, 1.807) is 38.1 Å². The first kappa shape index (κ1) is 30.9. The zero-order chi connectivity index (χ0) is 28.1. The minimum Gasteiger partial charge on any atom is -0.354 e. The van der Waals surface area contributed by atoms with Crippen LogP contribution in [-0.4, -0.2) is 62.7 Å². The lowest BCUT2D eigenvalue weighted by atomic mass is 10.1. The van der Waals surface area contributed by atoms with E-state index in [4.69, 9.17) is 23.2 Å². The number of carbonyl (C=O) groups excluding carboxylic acids is 2. The van der Waals surface area contributed by atoms with Crippen LogP contribution in [0.4, 0.5) is 5.69 Å². The normalized spacial score (nSPS) is 12.5. The minimum atomic E-state index is -4.03. The molecule has 0 aliphatic carbocycles. The second-order valence-electron chi connectivity index (χ2n) is 9.67. The summed E-state index contributed by atoms with van der Waals surface area (Å²) in [7, 11) is -1.21. The minimum absolute atomic E-state index is 0.0363. The highest BCUT2D eigenvalue weighted by Crippen LogP contribution is 2.27. The van der Waals surface area contributed by atoms with Crippen molar-refractivity contribution in [3.8, 4) is 0 Å². The molecule has 2 aromatic rings. The van der Waals surface area contributed by atoms with Gasteiger partial charge in [0.1, 0.15) is 12.6 Å². The SMILES string of the molecule is Cc1ccc(C)c(N(CC(=O)N(Cc2ccc(Cl)c(Cl)c2)[C@H](C)C(=O)NCC(C)C)S(=O)(=O)N(C)C)c1. The number of amides is 2. The third kappa shape index (κ3) is 8.07. The molecular weight excluding hydrogens is 535 g/mol. The molecule has 0 heterocycles. The lowest BCUT2D eigenvalue weighted by Gasteiger charge is -2.33. The molecule has 0 fully saturated rings. The topological polar surface area (TPSA) is 90.0 Å². The van der Waals surface area contributed by atoms with Gasteiger partial charge in [-0.3, -0.25) is 9.59 Å². The van der Waals surface area contributed by atoms with E-state index in [2.05, 4.69) is 5.32 Å². The van der Waals surface area contributed by atoms with E-state index >= 15 is 0 Å². The van der Waals surface area contributed by atoms with Crippen LogP contribution in [0.25, 0.3) is 0 Å². The van der Waals surface area contributed by atoms with E-state index in [9.17, 15) is 18.0 Å². The number of anilines is 1. The summed E-state index contributed by atoms with van der Waals surface area (Å²) in [5.41, 5.74) is 2.59. The van der Waals surface area contributed by atoms with Crippen molar-refractivity contribution in [3.05, 3.63) is 63.1 Å². The van der Waals surface area contributed by atoms with Gasteiger partial charge in [0.25, 0.3) is 0 Å². The zero-order valence-corrected chi connectivity index (χ0v) is 24.7. The molecule has 8 nitrogen and oxygen atoms in total. The van der Waals surface area contributed by atoms with Crippen LogP contribution in [0.2, 0.25) is 10.0 Å². The van der Waals surface area contributed by atoms with E-state index in [1.807, 2.05) is 32.9 Å². The molecule has 0 aromatic heterocycles. The standard InChI is InChI=1S/C26H36Cl2N4O4S/c1-17(2)14-29-26(34)20(5)31(15-21-10-11-22(27)23(28)13-21)25(33)16-32(37(35,36)30(6)7)24-12-18(3)8-9-19(24)4/h8-13,17,20H,14-16H2,1-7H3,(H,29,34)/t20-/m1/s1. The van der Waals surface area contributed by atoms with Gasteiger partial charge in [-0.1, -0.05) is 55.2 Å². The third-order valence-electron chi connectivity index (χ3n) is 5.84. The lowest BCUT2D eigenvalue weighted by molar-refractivity contribution is -0.139. The molecule has 0 spiro atoms. The van der Waals surface area contributed by atoms with E-state index in [0.29, 0.717) is 33.4 Å². The van der Waals surface area contributed by atoms with Crippen LogP contribution < -0.4 is 9.62 Å². The number of aryl methyl sites for hydroxylation is 2. The first-order valence-corrected chi connectivity index (χ1v) is 14.1. The van der Waals surface area contributed by atoms with E-state index < -0.39 is 28.7 Å². The Labute approximate surface area is 230 Å². The largest absolute Gasteiger partial charge is 0.354 e. The molecule has 1 atom stereocenters. The summed E-state index contributed by atoms with van der Waals surface area (Å²) in [6.07, 6.45) is 0. The van der Waals surface area contributed by atoms with Crippen LogP contribution in [0.3, 0.4) is 0 Å². The predicted octanol–water partition coefficient (Wildman–Crippen LogP) is 4.41. The molecule has 2 rings (SSSR count). The van der Waals surface area contributed by atoms with Gasteiger partial charge in [0.15, 0.2) is 0 Å². The van der Waals surface area contributed by atoms with E-state index in [1.165, 1.54) is 19.0 Å². The number of hydrogen-bond acceptors (Lipinski definition) is 4. The Bertz CT molecular complexity index is 1240. The fourth-order valence-electron chi connectivity index (χ4n) is 3.56. The van der Waals surface area contributed by atoms with Gasteiger partial charge in [-0.05, 0) is 61.6 Å². The van der Waals surface area contributed by atoms with Crippen molar-refractivity contribution < 1.29 is 18.0 Å². The van der Waals surface area contributed by atoms with Crippen molar-refractivity contribution in [2.24, 2.45) is 5.92 Å². The summed E-state index contributed by atoms with van der Waals surface area (Å²) in [6, 6.07) is 9.49. The molecule has 0 aliphatic rings. The van der Waals surface area contributed by atoms with E-state index in [-0.39, 0.29) is 18.4 Å². The van der Waals surface area contributed by atoms with Gasteiger partial charge in [-0.25, -0.2) is 4.31 Å². The fraction of sp³-hybridized carbons (Fsp3) is 0.462. The Kier molecular flexibility index (Phi) is 10.8. The van der Waals surface area contributed by atoms with Gasteiger partial charge in [0, 0.05) is 27.2 Å². The van der Waals surface area contributed by atoms with Crippen molar-refractivity contribution in [3.63, 3.8) is 0 Å². The van der Waals surface area contributed by atoms with Crippen molar-refractivity contribution in [2.45, 2.75) is 47.2 Å². The van der Waals surface area contributed by atoms with Crippen LogP contribution >= 0.6 is 23.2 Å². The first-order valence-electron chi connectivity index (χ1n) is 11.9. The summed E-state index contributed by atoms with van der Waals surface area (Å²) >= 11 is 12.2. The summed E-state index contributed by atoms with van der Waals surface area (Å²) in [6.45, 7) is 9.18. The Morgan fingerprint density at radius 2 is 1.62 bits per heavy atom. The number of rotatable bonds is 11. The quantitative estimate of drug-likeness (QED) is 0.433. The van der Waals surface area contributed by atoms with Gasteiger partial charge in [0.2, 0.25) is 11.8 Å². The zero-order valence-electron chi connectivity index (χ0n) is 22.4. The molecule has 204 valence electrons. The summed E-state index contributed by atoms with van der Waals surface area (Å²) in [5, 5.41) is 3.53. The third-order valence-corrected chi connectivity index (χ3v) is 8.39. The predicted molar refractivity (Wildman–Crippen MR) is 150 cm³/mol. The maximum Gasteiger partial charge on any atom is 0.304 e. The molecule has 0 saturated heterocycles. The maximum atomic E-state index is 13.8. The molecule has 0 aliphatic heterocycles. The second kappa shape index (κ2) is 13.0. The highest BCUT2D eigenvalue weighted by molar-refractivity contribution is 7.90. The van der Waals surface area contributed by atoms with Gasteiger partial charge in [0.05, 0.1) is 15.7 Å². The van der Waals surface area contributed by atoms with Gasteiger partial charge in [-0.2, -0.15) is 12.7 Å². The molecule has 0 radical (unpaired) electrons. The van der Waals surface area contributed by atoms with Crippen LogP contribution in [0.1, 0.15) is 37.5 Å². The van der Waals surface area contributed by atoms with Crippen molar-refractivity contribution in [1.82, 2.24) is 14.5 Å². The highest BCUT2D eigenvalue weighted by Gasteiger charge is 2.33. The Morgan fingerprint density at radius 3 is 2.19 bits per heavy atom. The Hall–Kier alpha value is -2.33. The number of benzene rings is 2. The van der Waals surface area contributed by atoms with Crippen LogP contribution in [0.15, 0.2) is 36.4 Å².